The number of epoxide rings is 1. The SMILES string of the molecule is CC(=O)O[C@H]1C=C[C@@](C)(O)[C@@H]2[C@H](OC(C)=O)[C@]34O[C@@]3(C)C(=O)O[C@H]4/C=C(/C)CC[C@H](OC(C)=O)[C@@]12C. The molecule has 0 bridgehead atoms. The Kier molecular flexibility index (Phi) is 6.16. The first-order chi connectivity index (χ1) is 16.6. The summed E-state index contributed by atoms with van der Waals surface area (Å²) in [5, 5.41) is 11.8. The third-order valence-corrected chi connectivity index (χ3v) is 8.19. The lowest BCUT2D eigenvalue weighted by Crippen LogP contribution is -2.67. The van der Waals surface area contributed by atoms with E-state index in [9.17, 15) is 24.3 Å². The van der Waals surface area contributed by atoms with Gasteiger partial charge in [-0.2, -0.15) is 0 Å². The average molecular weight is 507 g/mol. The van der Waals surface area contributed by atoms with Gasteiger partial charge in [0.05, 0.1) is 11.0 Å². The summed E-state index contributed by atoms with van der Waals surface area (Å²) < 4.78 is 29.2. The minimum atomic E-state index is -1.65. The van der Waals surface area contributed by atoms with Crippen LogP contribution < -0.4 is 0 Å². The standard InChI is InChI=1S/C26H34O10/c1-13-8-9-17(32-14(2)27)24(6)18(33-15(3)28)10-11-23(5,31)20(24)21(34-16(4)29)26-19(12-13)35-22(30)25(26,7)36-26/h10-12,17-21,31H,8-9H2,1-7H3/b13-12-/t17-,18-,19-,20-,21-,23+,24-,25-,26-/m0/s1. The maximum absolute atomic E-state index is 12.9. The van der Waals surface area contributed by atoms with Crippen LogP contribution in [0.4, 0.5) is 0 Å². The molecule has 0 amide bonds. The Bertz CT molecular complexity index is 1060. The first kappa shape index (κ1) is 26.3. The van der Waals surface area contributed by atoms with Crippen LogP contribution in [0.2, 0.25) is 0 Å². The highest BCUT2D eigenvalue weighted by molar-refractivity contribution is 5.89. The van der Waals surface area contributed by atoms with Crippen molar-refractivity contribution in [1.82, 2.24) is 0 Å². The Labute approximate surface area is 209 Å². The molecule has 2 saturated heterocycles. The van der Waals surface area contributed by atoms with Gasteiger partial charge in [-0.1, -0.05) is 18.6 Å². The molecule has 9 atom stereocenters. The second kappa shape index (κ2) is 8.41. The third kappa shape index (κ3) is 3.76. The van der Waals surface area contributed by atoms with Gasteiger partial charge in [-0.15, -0.1) is 0 Å². The van der Waals surface area contributed by atoms with Gasteiger partial charge in [0, 0.05) is 26.7 Å². The zero-order valence-corrected chi connectivity index (χ0v) is 21.7. The summed E-state index contributed by atoms with van der Waals surface area (Å²) in [6.45, 7) is 10.5. The normalized spacial score (nSPS) is 46.6. The average Bonchev–Trinajstić information content (AvgIpc) is 3.32. The predicted molar refractivity (Wildman–Crippen MR) is 123 cm³/mol. The van der Waals surface area contributed by atoms with E-state index >= 15 is 0 Å². The lowest BCUT2D eigenvalue weighted by Gasteiger charge is -2.55. The van der Waals surface area contributed by atoms with Crippen molar-refractivity contribution in [3.05, 3.63) is 23.8 Å². The molecule has 0 saturated carbocycles. The summed E-state index contributed by atoms with van der Waals surface area (Å²) in [5.41, 5.74) is -4.99. The summed E-state index contributed by atoms with van der Waals surface area (Å²) in [4.78, 5) is 49.8. The maximum atomic E-state index is 12.9. The van der Waals surface area contributed by atoms with E-state index in [1.54, 1.807) is 26.0 Å². The molecule has 2 aliphatic carbocycles. The largest absolute Gasteiger partial charge is 0.462 e. The highest BCUT2D eigenvalue weighted by Gasteiger charge is 2.87. The highest BCUT2D eigenvalue weighted by Crippen LogP contribution is 2.65. The van der Waals surface area contributed by atoms with Gasteiger partial charge in [0.15, 0.2) is 17.3 Å². The molecule has 36 heavy (non-hydrogen) atoms. The second-order valence-corrected chi connectivity index (χ2v) is 10.9. The number of ether oxygens (including phenoxy) is 5. The molecular formula is C26H34O10. The number of carbonyl (C=O) groups is 4. The Morgan fingerprint density at radius 1 is 1.03 bits per heavy atom. The molecular weight excluding hydrogens is 472 g/mol. The Hall–Kier alpha value is -2.72. The van der Waals surface area contributed by atoms with E-state index in [-0.39, 0.29) is 0 Å². The van der Waals surface area contributed by atoms with Crippen LogP contribution in [0.15, 0.2) is 23.8 Å². The van der Waals surface area contributed by atoms with Crippen LogP contribution in [0, 0.1) is 11.3 Å². The van der Waals surface area contributed by atoms with Crippen molar-refractivity contribution in [3.63, 3.8) is 0 Å². The number of allylic oxidation sites excluding steroid dienone is 1. The van der Waals surface area contributed by atoms with Crippen LogP contribution >= 0.6 is 0 Å². The molecule has 1 spiro atoms. The highest BCUT2D eigenvalue weighted by atomic mass is 16.7. The molecule has 2 fully saturated rings. The van der Waals surface area contributed by atoms with E-state index in [2.05, 4.69) is 0 Å². The van der Waals surface area contributed by atoms with E-state index in [0.29, 0.717) is 12.8 Å². The summed E-state index contributed by atoms with van der Waals surface area (Å²) in [6.07, 6.45) is 1.63. The van der Waals surface area contributed by atoms with Crippen molar-refractivity contribution in [2.75, 3.05) is 0 Å². The Balaban J connectivity index is 2.02. The minimum absolute atomic E-state index is 0.315. The molecule has 2 heterocycles. The Morgan fingerprint density at radius 3 is 2.19 bits per heavy atom. The molecule has 4 aliphatic rings. The zero-order valence-electron chi connectivity index (χ0n) is 21.7. The number of fused-ring (bicyclic) bond motifs is 1. The number of rotatable bonds is 3. The van der Waals surface area contributed by atoms with Gasteiger partial charge in [-0.05, 0) is 45.8 Å². The van der Waals surface area contributed by atoms with Crippen molar-refractivity contribution < 1.29 is 48.0 Å². The van der Waals surface area contributed by atoms with E-state index in [1.807, 2.05) is 6.92 Å². The van der Waals surface area contributed by atoms with E-state index in [4.69, 9.17) is 23.7 Å². The number of hydrogen-bond donors (Lipinski definition) is 1. The van der Waals surface area contributed by atoms with E-state index in [1.165, 1.54) is 33.8 Å². The molecule has 10 nitrogen and oxygen atoms in total. The Morgan fingerprint density at radius 2 is 1.64 bits per heavy atom. The molecule has 0 aromatic heterocycles. The number of aliphatic hydroxyl groups is 1. The van der Waals surface area contributed by atoms with Gasteiger partial charge < -0.3 is 28.8 Å². The van der Waals surface area contributed by atoms with Crippen molar-refractivity contribution >= 4 is 23.9 Å². The van der Waals surface area contributed by atoms with E-state index in [0.717, 1.165) is 5.57 Å². The lowest BCUT2D eigenvalue weighted by molar-refractivity contribution is -0.220. The van der Waals surface area contributed by atoms with Crippen LogP contribution in [0.25, 0.3) is 0 Å². The fourth-order valence-corrected chi connectivity index (χ4v) is 6.55. The molecule has 0 unspecified atom stereocenters. The number of esters is 4. The number of carbonyl (C=O) groups excluding carboxylic acids is 4. The molecule has 0 aromatic rings. The molecule has 0 aromatic carbocycles. The molecule has 2 aliphatic heterocycles. The van der Waals surface area contributed by atoms with Crippen LogP contribution in [0.5, 0.6) is 0 Å². The second-order valence-electron chi connectivity index (χ2n) is 10.9. The van der Waals surface area contributed by atoms with E-state index < -0.39 is 76.4 Å². The fraction of sp³-hybridized carbons (Fsp3) is 0.692. The maximum Gasteiger partial charge on any atom is 0.342 e. The summed E-state index contributed by atoms with van der Waals surface area (Å²) in [7, 11) is 0. The molecule has 10 heteroatoms. The van der Waals surface area contributed by atoms with Gasteiger partial charge in [0.2, 0.25) is 0 Å². The van der Waals surface area contributed by atoms with Crippen molar-refractivity contribution in [2.45, 2.75) is 103 Å². The van der Waals surface area contributed by atoms with Crippen LogP contribution in [0.1, 0.15) is 61.3 Å². The molecule has 4 rings (SSSR count). The van der Waals surface area contributed by atoms with Gasteiger partial charge in [-0.25, -0.2) is 4.79 Å². The summed E-state index contributed by atoms with van der Waals surface area (Å²) in [6, 6.07) is 0. The monoisotopic (exact) mass is 506 g/mol. The van der Waals surface area contributed by atoms with Crippen molar-refractivity contribution in [1.29, 1.82) is 0 Å². The van der Waals surface area contributed by atoms with Gasteiger partial charge in [0.1, 0.15) is 18.3 Å². The first-order valence-corrected chi connectivity index (χ1v) is 12.1. The molecule has 0 radical (unpaired) electrons. The van der Waals surface area contributed by atoms with Crippen molar-refractivity contribution in [3.8, 4) is 0 Å². The number of hydrogen-bond acceptors (Lipinski definition) is 10. The fourth-order valence-electron chi connectivity index (χ4n) is 6.55. The predicted octanol–water partition coefficient (Wildman–Crippen LogP) is 1.92. The van der Waals surface area contributed by atoms with Gasteiger partial charge in [0.25, 0.3) is 0 Å². The third-order valence-electron chi connectivity index (χ3n) is 8.19. The first-order valence-electron chi connectivity index (χ1n) is 12.1. The topological polar surface area (TPSA) is 138 Å². The smallest absolute Gasteiger partial charge is 0.342 e. The van der Waals surface area contributed by atoms with Crippen LogP contribution in [0.3, 0.4) is 0 Å². The quantitative estimate of drug-likeness (QED) is 0.261. The van der Waals surface area contributed by atoms with Gasteiger partial charge >= 0.3 is 23.9 Å². The molecule has 198 valence electrons. The molecule has 1 N–H and O–H groups in total. The zero-order chi connectivity index (χ0) is 26.8. The van der Waals surface area contributed by atoms with Crippen LogP contribution in [-0.4, -0.2) is 70.2 Å². The van der Waals surface area contributed by atoms with Crippen LogP contribution in [-0.2, 0) is 42.9 Å². The summed E-state index contributed by atoms with van der Waals surface area (Å²) >= 11 is 0. The lowest BCUT2D eigenvalue weighted by atomic mass is 9.54. The minimum Gasteiger partial charge on any atom is -0.462 e. The van der Waals surface area contributed by atoms with Crippen molar-refractivity contribution in [2.24, 2.45) is 11.3 Å². The summed E-state index contributed by atoms with van der Waals surface area (Å²) in [5.74, 6) is -3.44. The van der Waals surface area contributed by atoms with Gasteiger partial charge in [-0.3, -0.25) is 14.4 Å².